The Morgan fingerprint density at radius 1 is 1.28 bits per heavy atom. The van der Waals surface area contributed by atoms with E-state index in [4.69, 9.17) is 5.73 Å². The fourth-order valence-electron chi connectivity index (χ4n) is 1.59. The molecule has 0 fully saturated rings. The van der Waals surface area contributed by atoms with Crippen LogP contribution in [0.15, 0.2) is 24.3 Å². The number of hydrogen-bond acceptors (Lipinski definition) is 3. The molecule has 0 aliphatic rings. The second-order valence-corrected chi connectivity index (χ2v) is 4.43. The van der Waals surface area contributed by atoms with Gasteiger partial charge in [0, 0.05) is 18.3 Å². The zero-order valence-electron chi connectivity index (χ0n) is 10.9. The van der Waals surface area contributed by atoms with Crippen LogP contribution in [-0.2, 0) is 4.79 Å². The summed E-state index contributed by atoms with van der Waals surface area (Å²) in [7, 11) is 1.55. The summed E-state index contributed by atoms with van der Waals surface area (Å²) < 4.78 is 0. The number of rotatable bonds is 4. The lowest BCUT2D eigenvalue weighted by atomic mass is 10.0. The minimum atomic E-state index is -0.552. The first-order valence-corrected chi connectivity index (χ1v) is 5.83. The first kappa shape index (κ1) is 14.0. The molecule has 0 saturated carbocycles. The van der Waals surface area contributed by atoms with E-state index in [2.05, 4.69) is 10.6 Å². The average molecular weight is 249 g/mol. The van der Waals surface area contributed by atoms with E-state index in [9.17, 15) is 9.59 Å². The molecule has 0 spiro atoms. The molecule has 0 aliphatic carbocycles. The molecule has 5 nitrogen and oxygen atoms in total. The second-order valence-electron chi connectivity index (χ2n) is 4.43. The Morgan fingerprint density at radius 2 is 1.94 bits per heavy atom. The topological polar surface area (TPSA) is 84.2 Å². The molecule has 1 unspecified atom stereocenters. The number of anilines is 1. The number of nitrogen functional groups attached to an aromatic ring is 1. The summed E-state index contributed by atoms with van der Waals surface area (Å²) in [6, 6.07) is 6.09. The number of hydrogen-bond donors (Lipinski definition) is 3. The van der Waals surface area contributed by atoms with Crippen LogP contribution in [-0.4, -0.2) is 24.9 Å². The number of nitrogens with one attached hydrogen (secondary N) is 2. The van der Waals surface area contributed by atoms with Crippen LogP contribution in [0.25, 0.3) is 0 Å². The largest absolute Gasteiger partial charge is 0.399 e. The van der Waals surface area contributed by atoms with Gasteiger partial charge < -0.3 is 16.4 Å². The monoisotopic (exact) mass is 249 g/mol. The molecule has 1 aromatic rings. The van der Waals surface area contributed by atoms with Gasteiger partial charge in [0.05, 0.1) is 0 Å². The Balaban J connectivity index is 2.82. The van der Waals surface area contributed by atoms with E-state index in [1.54, 1.807) is 31.3 Å². The van der Waals surface area contributed by atoms with Crippen LogP contribution >= 0.6 is 0 Å². The van der Waals surface area contributed by atoms with Gasteiger partial charge in [-0.05, 0) is 24.1 Å². The van der Waals surface area contributed by atoms with Gasteiger partial charge in [0.2, 0.25) is 5.91 Å². The molecule has 0 aromatic heterocycles. The van der Waals surface area contributed by atoms with Gasteiger partial charge in [-0.2, -0.15) is 0 Å². The third kappa shape index (κ3) is 3.48. The number of nitrogens with two attached hydrogens (primary N) is 1. The summed E-state index contributed by atoms with van der Waals surface area (Å²) in [5, 5.41) is 5.24. The second kappa shape index (κ2) is 6.05. The van der Waals surface area contributed by atoms with Crippen molar-refractivity contribution >= 4 is 17.5 Å². The summed E-state index contributed by atoms with van der Waals surface area (Å²) in [4.78, 5) is 23.6. The highest BCUT2D eigenvalue weighted by Gasteiger charge is 2.23. The van der Waals surface area contributed by atoms with Crippen LogP contribution in [0.2, 0.25) is 0 Å². The van der Waals surface area contributed by atoms with Crippen molar-refractivity contribution in [2.24, 2.45) is 5.92 Å². The molecular formula is C13H19N3O2. The Hall–Kier alpha value is -2.04. The molecule has 5 heteroatoms. The van der Waals surface area contributed by atoms with Crippen LogP contribution in [0.3, 0.4) is 0 Å². The maximum absolute atomic E-state index is 12.0. The Labute approximate surface area is 107 Å². The molecular weight excluding hydrogens is 230 g/mol. The predicted octanol–water partition coefficient (Wildman–Crippen LogP) is 0.769. The van der Waals surface area contributed by atoms with E-state index < -0.39 is 6.04 Å². The van der Waals surface area contributed by atoms with Crippen molar-refractivity contribution in [3.8, 4) is 0 Å². The van der Waals surface area contributed by atoms with Gasteiger partial charge in [0.25, 0.3) is 5.91 Å². The first-order valence-electron chi connectivity index (χ1n) is 5.83. The molecule has 0 saturated heterocycles. The van der Waals surface area contributed by atoms with Crippen molar-refractivity contribution in [1.82, 2.24) is 10.6 Å². The zero-order chi connectivity index (χ0) is 13.7. The lowest BCUT2D eigenvalue weighted by Gasteiger charge is -2.20. The summed E-state index contributed by atoms with van der Waals surface area (Å²) in [5.74, 6) is -0.498. The molecule has 0 bridgehead atoms. The molecule has 1 aromatic carbocycles. The number of amides is 2. The lowest BCUT2D eigenvalue weighted by molar-refractivity contribution is -0.123. The van der Waals surface area contributed by atoms with E-state index in [-0.39, 0.29) is 17.7 Å². The van der Waals surface area contributed by atoms with Gasteiger partial charge >= 0.3 is 0 Å². The Morgan fingerprint density at radius 3 is 2.44 bits per heavy atom. The van der Waals surface area contributed by atoms with Gasteiger partial charge in [-0.25, -0.2) is 0 Å². The number of likely N-dealkylation sites (N-methyl/N-ethyl adjacent to an activating group) is 1. The molecule has 2 amide bonds. The van der Waals surface area contributed by atoms with Crippen molar-refractivity contribution in [2.75, 3.05) is 12.8 Å². The third-order valence-electron chi connectivity index (χ3n) is 2.63. The van der Waals surface area contributed by atoms with Crippen LogP contribution in [0.1, 0.15) is 24.2 Å². The highest BCUT2D eigenvalue weighted by molar-refractivity contribution is 5.98. The zero-order valence-corrected chi connectivity index (χ0v) is 10.9. The minimum Gasteiger partial charge on any atom is -0.399 e. The predicted molar refractivity (Wildman–Crippen MR) is 71.0 cm³/mol. The van der Waals surface area contributed by atoms with Crippen LogP contribution < -0.4 is 16.4 Å². The highest BCUT2D eigenvalue weighted by Crippen LogP contribution is 2.08. The Bertz CT molecular complexity index is 444. The number of carbonyl (C=O) groups excluding carboxylic acids is 2. The average Bonchev–Trinajstić information content (AvgIpc) is 2.34. The SMILES string of the molecule is CNC(=O)C(NC(=O)c1cccc(N)c1)C(C)C. The summed E-state index contributed by atoms with van der Waals surface area (Å²) in [6.45, 7) is 3.75. The Kier molecular flexibility index (Phi) is 4.71. The molecule has 1 rings (SSSR count). The standard InChI is InChI=1S/C13H19N3O2/c1-8(2)11(13(18)15-3)16-12(17)9-5-4-6-10(14)7-9/h4-8,11H,14H2,1-3H3,(H,15,18)(H,16,17). The van der Waals surface area contributed by atoms with E-state index >= 15 is 0 Å². The normalized spacial score (nSPS) is 12.0. The maximum Gasteiger partial charge on any atom is 0.252 e. The maximum atomic E-state index is 12.0. The van der Waals surface area contributed by atoms with Crippen LogP contribution in [0.4, 0.5) is 5.69 Å². The van der Waals surface area contributed by atoms with Crippen LogP contribution in [0, 0.1) is 5.92 Å². The molecule has 0 radical (unpaired) electrons. The summed E-state index contributed by atoms with van der Waals surface area (Å²) in [6.07, 6.45) is 0. The van der Waals surface area contributed by atoms with Crippen molar-refractivity contribution in [1.29, 1.82) is 0 Å². The van der Waals surface area contributed by atoms with E-state index in [0.29, 0.717) is 11.3 Å². The molecule has 0 heterocycles. The van der Waals surface area contributed by atoms with Gasteiger partial charge in [0.15, 0.2) is 0 Å². The fraction of sp³-hybridized carbons (Fsp3) is 0.385. The van der Waals surface area contributed by atoms with E-state index in [1.165, 1.54) is 0 Å². The van der Waals surface area contributed by atoms with Crippen molar-refractivity contribution < 1.29 is 9.59 Å². The smallest absolute Gasteiger partial charge is 0.252 e. The molecule has 98 valence electrons. The lowest BCUT2D eigenvalue weighted by Crippen LogP contribution is -2.48. The van der Waals surface area contributed by atoms with Crippen molar-refractivity contribution in [3.63, 3.8) is 0 Å². The summed E-state index contributed by atoms with van der Waals surface area (Å²) >= 11 is 0. The van der Waals surface area contributed by atoms with Gasteiger partial charge in [-0.3, -0.25) is 9.59 Å². The number of benzene rings is 1. The van der Waals surface area contributed by atoms with Gasteiger partial charge in [0.1, 0.15) is 6.04 Å². The highest BCUT2D eigenvalue weighted by atomic mass is 16.2. The van der Waals surface area contributed by atoms with Crippen molar-refractivity contribution in [3.05, 3.63) is 29.8 Å². The molecule has 0 aliphatic heterocycles. The minimum absolute atomic E-state index is 0.00922. The van der Waals surface area contributed by atoms with E-state index in [1.807, 2.05) is 13.8 Å². The fourth-order valence-corrected chi connectivity index (χ4v) is 1.59. The quantitative estimate of drug-likeness (QED) is 0.689. The van der Waals surface area contributed by atoms with Crippen molar-refractivity contribution in [2.45, 2.75) is 19.9 Å². The first-order chi connectivity index (χ1) is 8.45. The third-order valence-corrected chi connectivity index (χ3v) is 2.63. The number of carbonyl (C=O) groups is 2. The van der Waals surface area contributed by atoms with E-state index in [0.717, 1.165) is 0 Å². The summed E-state index contributed by atoms with van der Waals surface area (Å²) in [5.41, 5.74) is 6.58. The molecule has 18 heavy (non-hydrogen) atoms. The van der Waals surface area contributed by atoms with Gasteiger partial charge in [-0.15, -0.1) is 0 Å². The molecule has 4 N–H and O–H groups in total. The van der Waals surface area contributed by atoms with Crippen LogP contribution in [0.5, 0.6) is 0 Å². The molecule has 1 atom stereocenters. The van der Waals surface area contributed by atoms with Gasteiger partial charge in [-0.1, -0.05) is 19.9 Å².